The molecular formula is C15H25NO2. The van der Waals surface area contributed by atoms with E-state index in [0.29, 0.717) is 24.3 Å². The van der Waals surface area contributed by atoms with Gasteiger partial charge in [-0.1, -0.05) is 26.0 Å². The molecule has 0 spiro atoms. The van der Waals surface area contributed by atoms with Crippen molar-refractivity contribution in [3.8, 4) is 11.5 Å². The molecule has 0 radical (unpaired) electrons. The SMILES string of the molecule is CCOc1cccc(CN(C)C(C)C(C)C)c1O. The molecule has 1 N–H and O–H groups in total. The average Bonchev–Trinajstić information content (AvgIpc) is 2.33. The number of para-hydroxylation sites is 1. The maximum absolute atomic E-state index is 10.1. The van der Waals surface area contributed by atoms with Gasteiger partial charge in [-0.3, -0.25) is 4.90 Å². The molecule has 1 aromatic carbocycles. The van der Waals surface area contributed by atoms with E-state index in [9.17, 15) is 5.11 Å². The predicted molar refractivity (Wildman–Crippen MR) is 75.0 cm³/mol. The van der Waals surface area contributed by atoms with Crippen molar-refractivity contribution < 1.29 is 9.84 Å². The molecule has 0 aliphatic carbocycles. The zero-order valence-corrected chi connectivity index (χ0v) is 12.1. The molecule has 18 heavy (non-hydrogen) atoms. The predicted octanol–water partition coefficient (Wildman–Crippen LogP) is 3.27. The van der Waals surface area contributed by atoms with Crippen LogP contribution >= 0.6 is 0 Å². The van der Waals surface area contributed by atoms with Crippen LogP contribution in [0.4, 0.5) is 0 Å². The van der Waals surface area contributed by atoms with E-state index in [2.05, 4.69) is 32.7 Å². The highest BCUT2D eigenvalue weighted by atomic mass is 16.5. The third-order valence-electron chi connectivity index (χ3n) is 3.46. The molecule has 0 amide bonds. The number of benzene rings is 1. The van der Waals surface area contributed by atoms with E-state index in [-0.39, 0.29) is 5.75 Å². The minimum atomic E-state index is 0.266. The van der Waals surface area contributed by atoms with Crippen molar-refractivity contribution in [3.63, 3.8) is 0 Å². The number of aromatic hydroxyl groups is 1. The highest BCUT2D eigenvalue weighted by molar-refractivity contribution is 5.45. The minimum absolute atomic E-state index is 0.266. The van der Waals surface area contributed by atoms with E-state index in [1.54, 1.807) is 6.07 Å². The molecule has 1 atom stereocenters. The smallest absolute Gasteiger partial charge is 0.162 e. The Hall–Kier alpha value is -1.22. The van der Waals surface area contributed by atoms with Crippen LogP contribution in [0.3, 0.4) is 0 Å². The molecule has 102 valence electrons. The summed E-state index contributed by atoms with van der Waals surface area (Å²) in [7, 11) is 2.08. The number of rotatable bonds is 6. The summed E-state index contributed by atoms with van der Waals surface area (Å²) in [5.41, 5.74) is 0.913. The van der Waals surface area contributed by atoms with Crippen LogP contribution in [-0.4, -0.2) is 29.7 Å². The van der Waals surface area contributed by atoms with Crippen LogP contribution in [0.2, 0.25) is 0 Å². The van der Waals surface area contributed by atoms with Gasteiger partial charge in [-0.2, -0.15) is 0 Å². The summed E-state index contributed by atoms with van der Waals surface area (Å²) >= 11 is 0. The minimum Gasteiger partial charge on any atom is -0.504 e. The molecule has 1 aromatic rings. The summed E-state index contributed by atoms with van der Waals surface area (Å²) in [4.78, 5) is 2.25. The molecule has 0 saturated heterocycles. The number of phenols is 1. The first kappa shape index (κ1) is 14.8. The summed E-state index contributed by atoms with van der Waals surface area (Å²) in [5, 5.41) is 10.1. The van der Waals surface area contributed by atoms with Gasteiger partial charge in [-0.25, -0.2) is 0 Å². The number of hydrogen-bond donors (Lipinski definition) is 1. The van der Waals surface area contributed by atoms with Crippen molar-refractivity contribution in [1.29, 1.82) is 0 Å². The van der Waals surface area contributed by atoms with Gasteiger partial charge in [0.25, 0.3) is 0 Å². The van der Waals surface area contributed by atoms with E-state index >= 15 is 0 Å². The van der Waals surface area contributed by atoms with E-state index in [1.165, 1.54) is 0 Å². The first-order chi connectivity index (χ1) is 8.47. The molecule has 0 aliphatic rings. The molecule has 1 unspecified atom stereocenters. The summed E-state index contributed by atoms with van der Waals surface area (Å²) in [6.07, 6.45) is 0. The van der Waals surface area contributed by atoms with Crippen LogP contribution in [0.1, 0.15) is 33.3 Å². The van der Waals surface area contributed by atoms with Gasteiger partial charge in [0, 0.05) is 18.2 Å². The van der Waals surface area contributed by atoms with Crippen LogP contribution in [0.25, 0.3) is 0 Å². The number of ether oxygens (including phenoxy) is 1. The summed E-state index contributed by atoms with van der Waals surface area (Å²) in [5.74, 6) is 1.43. The Morgan fingerprint density at radius 2 is 1.94 bits per heavy atom. The Morgan fingerprint density at radius 1 is 1.28 bits per heavy atom. The monoisotopic (exact) mass is 251 g/mol. The van der Waals surface area contributed by atoms with Crippen LogP contribution in [0.15, 0.2) is 18.2 Å². The van der Waals surface area contributed by atoms with E-state index in [0.717, 1.165) is 12.1 Å². The number of hydrogen-bond acceptors (Lipinski definition) is 3. The largest absolute Gasteiger partial charge is 0.504 e. The molecule has 0 aliphatic heterocycles. The summed E-state index contributed by atoms with van der Waals surface area (Å²) < 4.78 is 5.40. The van der Waals surface area contributed by atoms with Crippen molar-refractivity contribution in [2.45, 2.75) is 40.3 Å². The maximum Gasteiger partial charge on any atom is 0.162 e. The fourth-order valence-electron chi connectivity index (χ4n) is 1.89. The molecule has 1 rings (SSSR count). The fourth-order valence-corrected chi connectivity index (χ4v) is 1.89. The Balaban J connectivity index is 2.81. The fraction of sp³-hybridized carbons (Fsp3) is 0.600. The summed E-state index contributed by atoms with van der Waals surface area (Å²) in [6.45, 7) is 9.82. The molecule has 3 nitrogen and oxygen atoms in total. The molecular weight excluding hydrogens is 226 g/mol. The van der Waals surface area contributed by atoms with Crippen molar-refractivity contribution >= 4 is 0 Å². The average molecular weight is 251 g/mol. The van der Waals surface area contributed by atoms with Crippen LogP contribution in [-0.2, 0) is 6.54 Å². The van der Waals surface area contributed by atoms with Gasteiger partial charge in [0.15, 0.2) is 11.5 Å². The van der Waals surface area contributed by atoms with E-state index in [1.807, 2.05) is 19.1 Å². The van der Waals surface area contributed by atoms with Gasteiger partial charge < -0.3 is 9.84 Å². The first-order valence-electron chi connectivity index (χ1n) is 6.61. The Morgan fingerprint density at radius 3 is 2.50 bits per heavy atom. The van der Waals surface area contributed by atoms with Crippen molar-refractivity contribution in [2.75, 3.05) is 13.7 Å². The zero-order valence-electron chi connectivity index (χ0n) is 12.1. The lowest BCUT2D eigenvalue weighted by Crippen LogP contribution is -2.32. The van der Waals surface area contributed by atoms with Gasteiger partial charge in [-0.05, 0) is 32.9 Å². The van der Waals surface area contributed by atoms with Gasteiger partial charge >= 0.3 is 0 Å². The lowest BCUT2D eigenvalue weighted by Gasteiger charge is -2.28. The third-order valence-corrected chi connectivity index (χ3v) is 3.46. The van der Waals surface area contributed by atoms with Gasteiger partial charge in [-0.15, -0.1) is 0 Å². The number of phenolic OH excluding ortho intramolecular Hbond substituents is 1. The van der Waals surface area contributed by atoms with Gasteiger partial charge in [0.2, 0.25) is 0 Å². The molecule has 0 aromatic heterocycles. The van der Waals surface area contributed by atoms with Crippen LogP contribution in [0.5, 0.6) is 11.5 Å². The summed E-state index contributed by atoms with van der Waals surface area (Å²) in [6, 6.07) is 6.14. The second-order valence-electron chi connectivity index (χ2n) is 5.10. The normalized spacial score (nSPS) is 13.1. The standard InChI is InChI=1S/C15H25NO2/c1-6-18-14-9-7-8-13(15(14)17)10-16(5)12(4)11(2)3/h7-9,11-12,17H,6,10H2,1-5H3. The van der Waals surface area contributed by atoms with Crippen LogP contribution in [0, 0.1) is 5.92 Å². The van der Waals surface area contributed by atoms with Crippen LogP contribution < -0.4 is 4.74 Å². The lowest BCUT2D eigenvalue weighted by atomic mass is 10.0. The second kappa shape index (κ2) is 6.64. The second-order valence-corrected chi connectivity index (χ2v) is 5.10. The van der Waals surface area contributed by atoms with Crippen molar-refractivity contribution in [1.82, 2.24) is 4.90 Å². The molecule has 0 heterocycles. The first-order valence-corrected chi connectivity index (χ1v) is 6.61. The molecule has 0 saturated carbocycles. The quantitative estimate of drug-likeness (QED) is 0.842. The third kappa shape index (κ3) is 3.64. The number of nitrogens with zero attached hydrogens (tertiary/aromatic N) is 1. The Labute approximate surface area is 110 Å². The Bertz CT molecular complexity index is 377. The van der Waals surface area contributed by atoms with Crippen molar-refractivity contribution in [3.05, 3.63) is 23.8 Å². The van der Waals surface area contributed by atoms with Crippen molar-refractivity contribution in [2.24, 2.45) is 5.92 Å². The molecule has 3 heteroatoms. The highest BCUT2D eigenvalue weighted by Gasteiger charge is 2.16. The maximum atomic E-state index is 10.1. The van der Waals surface area contributed by atoms with Gasteiger partial charge in [0.1, 0.15) is 0 Å². The highest BCUT2D eigenvalue weighted by Crippen LogP contribution is 2.31. The molecule has 0 fully saturated rings. The zero-order chi connectivity index (χ0) is 13.7. The molecule has 0 bridgehead atoms. The van der Waals surface area contributed by atoms with Gasteiger partial charge in [0.05, 0.1) is 6.61 Å². The van der Waals surface area contributed by atoms with E-state index in [4.69, 9.17) is 4.74 Å². The lowest BCUT2D eigenvalue weighted by molar-refractivity contribution is 0.198. The Kier molecular flexibility index (Phi) is 5.48. The topological polar surface area (TPSA) is 32.7 Å². The van der Waals surface area contributed by atoms with E-state index < -0.39 is 0 Å².